The van der Waals surface area contributed by atoms with Crippen molar-refractivity contribution >= 4 is 5.69 Å². The number of rotatable bonds is 11. The maximum absolute atomic E-state index is 10.8. The molecule has 0 radical (unpaired) electrons. The molecule has 1 aromatic carbocycles. The monoisotopic (exact) mass is 294 g/mol. The number of benzene rings is 1. The van der Waals surface area contributed by atoms with Crippen LogP contribution in [-0.2, 0) is 0 Å². The molecule has 0 atom stereocenters. The number of hydrogen-bond donors (Lipinski definition) is 0. The predicted molar refractivity (Wildman–Crippen MR) is 84.8 cm³/mol. The Morgan fingerprint density at radius 2 is 1.76 bits per heavy atom. The van der Waals surface area contributed by atoms with Gasteiger partial charge in [0.1, 0.15) is 0 Å². The largest absolute Gasteiger partial charge is 0.487 e. The summed E-state index contributed by atoms with van der Waals surface area (Å²) in [5, 5.41) is 10.8. The van der Waals surface area contributed by atoms with E-state index in [0.29, 0.717) is 12.4 Å². The van der Waals surface area contributed by atoms with E-state index in [1.807, 2.05) is 0 Å². The summed E-state index contributed by atoms with van der Waals surface area (Å²) >= 11 is 0. The second kappa shape index (κ2) is 10.2. The van der Waals surface area contributed by atoms with Crippen LogP contribution >= 0.6 is 0 Å². The highest BCUT2D eigenvalue weighted by molar-refractivity contribution is 5.45. The van der Waals surface area contributed by atoms with E-state index >= 15 is 0 Å². The predicted octanol–water partition coefficient (Wildman–Crippen LogP) is 3.88. The molecular formula is C16H26N2O3. The molecule has 0 bridgehead atoms. The Labute approximate surface area is 127 Å². The van der Waals surface area contributed by atoms with E-state index in [1.165, 1.54) is 18.9 Å². The number of nitro benzene ring substituents is 1. The van der Waals surface area contributed by atoms with Crippen molar-refractivity contribution in [3.63, 3.8) is 0 Å². The van der Waals surface area contributed by atoms with Crippen LogP contribution in [0.5, 0.6) is 5.75 Å². The number of unbranched alkanes of at least 4 members (excludes halogenated alkanes) is 3. The SMILES string of the molecule is CCN(CC)CCCCCCOc1ccccc1[N+](=O)[O-]. The molecule has 0 saturated heterocycles. The van der Waals surface area contributed by atoms with Gasteiger partial charge in [0.25, 0.3) is 0 Å². The fourth-order valence-corrected chi connectivity index (χ4v) is 2.24. The minimum atomic E-state index is -0.403. The van der Waals surface area contributed by atoms with E-state index in [2.05, 4.69) is 18.7 Å². The Kier molecular flexibility index (Phi) is 8.43. The molecule has 1 aromatic rings. The summed E-state index contributed by atoms with van der Waals surface area (Å²) in [7, 11) is 0. The van der Waals surface area contributed by atoms with Gasteiger partial charge < -0.3 is 9.64 Å². The number of nitrogens with zero attached hydrogens (tertiary/aromatic N) is 2. The summed E-state index contributed by atoms with van der Waals surface area (Å²) in [6.07, 6.45) is 4.41. The lowest BCUT2D eigenvalue weighted by molar-refractivity contribution is -0.385. The van der Waals surface area contributed by atoms with Crippen molar-refractivity contribution in [3.05, 3.63) is 34.4 Å². The number of nitro groups is 1. The van der Waals surface area contributed by atoms with Crippen LogP contribution < -0.4 is 4.74 Å². The molecule has 0 heterocycles. The summed E-state index contributed by atoms with van der Waals surface area (Å²) in [5.74, 6) is 0.366. The summed E-state index contributed by atoms with van der Waals surface area (Å²) < 4.78 is 5.52. The van der Waals surface area contributed by atoms with Crippen LogP contribution in [0, 0.1) is 10.1 Å². The van der Waals surface area contributed by atoms with Crippen molar-refractivity contribution in [2.45, 2.75) is 39.5 Å². The Morgan fingerprint density at radius 1 is 1.10 bits per heavy atom. The molecule has 0 saturated carbocycles. The van der Waals surface area contributed by atoms with Crippen molar-refractivity contribution in [2.75, 3.05) is 26.2 Å². The molecule has 0 fully saturated rings. The minimum absolute atomic E-state index is 0.0408. The van der Waals surface area contributed by atoms with Gasteiger partial charge in [-0.05, 0) is 38.5 Å². The van der Waals surface area contributed by atoms with Gasteiger partial charge in [0.05, 0.1) is 11.5 Å². The van der Waals surface area contributed by atoms with E-state index in [4.69, 9.17) is 4.74 Å². The van der Waals surface area contributed by atoms with Crippen molar-refractivity contribution in [2.24, 2.45) is 0 Å². The molecule has 0 aliphatic carbocycles. The Morgan fingerprint density at radius 3 is 2.43 bits per heavy atom. The third-order valence-corrected chi connectivity index (χ3v) is 3.58. The maximum atomic E-state index is 10.8. The van der Waals surface area contributed by atoms with Gasteiger partial charge >= 0.3 is 5.69 Å². The van der Waals surface area contributed by atoms with E-state index in [1.54, 1.807) is 18.2 Å². The molecule has 21 heavy (non-hydrogen) atoms. The molecule has 1 rings (SSSR count). The highest BCUT2D eigenvalue weighted by Gasteiger charge is 2.12. The highest BCUT2D eigenvalue weighted by Crippen LogP contribution is 2.25. The summed E-state index contributed by atoms with van der Waals surface area (Å²) in [6.45, 7) is 8.27. The van der Waals surface area contributed by atoms with Gasteiger partial charge in [-0.1, -0.05) is 38.8 Å². The Bertz CT molecular complexity index is 420. The lowest BCUT2D eigenvalue weighted by atomic mass is 10.2. The topological polar surface area (TPSA) is 55.6 Å². The van der Waals surface area contributed by atoms with E-state index in [0.717, 1.165) is 32.5 Å². The molecule has 5 nitrogen and oxygen atoms in total. The molecule has 0 aliphatic heterocycles. The molecule has 0 spiro atoms. The zero-order valence-electron chi connectivity index (χ0n) is 13.1. The van der Waals surface area contributed by atoms with Crippen molar-refractivity contribution in [1.29, 1.82) is 0 Å². The van der Waals surface area contributed by atoms with Gasteiger partial charge in [0.2, 0.25) is 0 Å². The fraction of sp³-hybridized carbons (Fsp3) is 0.625. The summed E-state index contributed by atoms with van der Waals surface area (Å²) in [6, 6.07) is 6.53. The zero-order valence-corrected chi connectivity index (χ0v) is 13.1. The van der Waals surface area contributed by atoms with E-state index in [-0.39, 0.29) is 5.69 Å². The first-order valence-electron chi connectivity index (χ1n) is 7.77. The van der Waals surface area contributed by atoms with Crippen LogP contribution in [0.2, 0.25) is 0 Å². The van der Waals surface area contributed by atoms with Crippen LogP contribution in [-0.4, -0.2) is 36.1 Å². The molecule has 118 valence electrons. The lowest BCUT2D eigenvalue weighted by Crippen LogP contribution is -2.23. The smallest absolute Gasteiger partial charge is 0.310 e. The normalized spacial score (nSPS) is 10.8. The summed E-state index contributed by atoms with van der Waals surface area (Å²) in [4.78, 5) is 12.9. The molecule has 0 N–H and O–H groups in total. The van der Waals surface area contributed by atoms with Crippen molar-refractivity contribution < 1.29 is 9.66 Å². The van der Waals surface area contributed by atoms with E-state index < -0.39 is 4.92 Å². The van der Waals surface area contributed by atoms with Crippen LogP contribution in [0.15, 0.2) is 24.3 Å². The van der Waals surface area contributed by atoms with Gasteiger partial charge in [0.15, 0.2) is 5.75 Å². The number of para-hydroxylation sites is 2. The van der Waals surface area contributed by atoms with Crippen LogP contribution in [0.3, 0.4) is 0 Å². The molecule has 0 amide bonds. The number of hydrogen-bond acceptors (Lipinski definition) is 4. The zero-order chi connectivity index (χ0) is 15.5. The Hall–Kier alpha value is -1.62. The average Bonchev–Trinajstić information content (AvgIpc) is 2.50. The highest BCUT2D eigenvalue weighted by atomic mass is 16.6. The molecule has 5 heteroatoms. The quantitative estimate of drug-likeness (QED) is 0.353. The Balaban J connectivity index is 2.16. The van der Waals surface area contributed by atoms with Gasteiger partial charge in [-0.3, -0.25) is 10.1 Å². The van der Waals surface area contributed by atoms with Crippen molar-refractivity contribution in [1.82, 2.24) is 4.90 Å². The fourth-order valence-electron chi connectivity index (χ4n) is 2.24. The minimum Gasteiger partial charge on any atom is -0.487 e. The van der Waals surface area contributed by atoms with Crippen molar-refractivity contribution in [3.8, 4) is 5.75 Å². The molecule has 0 unspecified atom stereocenters. The van der Waals surface area contributed by atoms with Gasteiger partial charge in [0, 0.05) is 6.07 Å². The number of ether oxygens (including phenoxy) is 1. The van der Waals surface area contributed by atoms with Gasteiger partial charge in [-0.15, -0.1) is 0 Å². The third-order valence-electron chi connectivity index (χ3n) is 3.58. The second-order valence-electron chi connectivity index (χ2n) is 5.01. The van der Waals surface area contributed by atoms with Gasteiger partial charge in [-0.25, -0.2) is 0 Å². The third kappa shape index (κ3) is 6.58. The second-order valence-corrected chi connectivity index (χ2v) is 5.01. The van der Waals surface area contributed by atoms with Crippen LogP contribution in [0.25, 0.3) is 0 Å². The first kappa shape index (κ1) is 17.4. The first-order valence-corrected chi connectivity index (χ1v) is 7.77. The first-order chi connectivity index (χ1) is 10.2. The standard InChI is InChI=1S/C16H26N2O3/c1-3-17(4-2)13-9-5-6-10-14-21-16-12-8-7-11-15(16)18(19)20/h7-8,11-12H,3-6,9-10,13-14H2,1-2H3. The molecular weight excluding hydrogens is 268 g/mol. The molecule has 0 aliphatic rings. The molecule has 0 aromatic heterocycles. The van der Waals surface area contributed by atoms with Gasteiger partial charge in [-0.2, -0.15) is 0 Å². The average molecular weight is 294 g/mol. The lowest BCUT2D eigenvalue weighted by Gasteiger charge is -2.17. The summed E-state index contributed by atoms with van der Waals surface area (Å²) in [5.41, 5.74) is 0.0408. The maximum Gasteiger partial charge on any atom is 0.310 e. The van der Waals surface area contributed by atoms with Crippen LogP contribution in [0.1, 0.15) is 39.5 Å². The van der Waals surface area contributed by atoms with Crippen LogP contribution in [0.4, 0.5) is 5.69 Å². The van der Waals surface area contributed by atoms with E-state index in [9.17, 15) is 10.1 Å².